The van der Waals surface area contributed by atoms with Gasteiger partial charge in [0.1, 0.15) is 35.2 Å². The average molecular weight is 793 g/mol. The zero-order valence-electron chi connectivity index (χ0n) is 32.4. The summed E-state index contributed by atoms with van der Waals surface area (Å²) < 4.78 is 38.3. The van der Waals surface area contributed by atoms with Crippen LogP contribution < -0.4 is 18.9 Å². The molecule has 304 valence electrons. The first-order chi connectivity index (χ1) is 28.2. The Hall–Kier alpha value is -6.69. The van der Waals surface area contributed by atoms with Crippen molar-refractivity contribution in [2.45, 2.75) is 58.0 Å². The van der Waals surface area contributed by atoms with E-state index in [1.807, 2.05) is 18.2 Å². The maximum absolute atomic E-state index is 13.4. The van der Waals surface area contributed by atoms with E-state index in [-0.39, 0.29) is 34.8 Å². The number of esters is 5. The molecule has 0 aliphatic carbocycles. The van der Waals surface area contributed by atoms with E-state index in [0.29, 0.717) is 37.9 Å². The molecule has 12 nitrogen and oxygen atoms in total. The lowest BCUT2D eigenvalue weighted by molar-refractivity contribution is -0.138. The largest absolute Gasteiger partial charge is 0.494 e. The van der Waals surface area contributed by atoms with Crippen LogP contribution in [0, 0.1) is 0 Å². The molecule has 0 fully saturated rings. The average Bonchev–Trinajstić information content (AvgIpc) is 3.25. The van der Waals surface area contributed by atoms with Crippen LogP contribution in [0.4, 0.5) is 0 Å². The lowest BCUT2D eigenvalue weighted by Crippen LogP contribution is -2.14. The van der Waals surface area contributed by atoms with Gasteiger partial charge in [-0.2, -0.15) is 0 Å². The van der Waals surface area contributed by atoms with Crippen LogP contribution >= 0.6 is 0 Å². The number of ether oxygens (including phenoxy) is 7. The van der Waals surface area contributed by atoms with Gasteiger partial charge in [-0.1, -0.05) is 43.5 Å². The number of rotatable bonds is 25. The first-order valence-corrected chi connectivity index (χ1v) is 19.1. The summed E-state index contributed by atoms with van der Waals surface area (Å²) in [5.41, 5.74) is 1.11. The van der Waals surface area contributed by atoms with Crippen molar-refractivity contribution >= 4 is 29.8 Å². The molecule has 12 heteroatoms. The minimum Gasteiger partial charge on any atom is -0.494 e. The number of hydrogen-bond acceptors (Lipinski definition) is 12. The fourth-order valence-electron chi connectivity index (χ4n) is 5.28. The predicted molar refractivity (Wildman–Crippen MR) is 215 cm³/mol. The molecule has 0 saturated carbocycles. The summed E-state index contributed by atoms with van der Waals surface area (Å²) in [7, 11) is 0. The number of hydrogen-bond donors (Lipinski definition) is 0. The van der Waals surface area contributed by atoms with E-state index in [4.69, 9.17) is 33.2 Å². The first kappa shape index (κ1) is 44.0. The van der Waals surface area contributed by atoms with E-state index in [0.717, 1.165) is 69.1 Å². The standard InChI is InChI=1S/C46H48O12/c1-3-42(47)54-30-14-7-5-12-28-52-37-22-18-35(19-23-37)44(49)57-39-26-27-41(40(32-39)46(51)56-33-34-16-10-9-11-17-34)58-45(50)36-20-24-38(25-21-36)53-29-13-6-8-15-31-55-43(48)4-2/h3-4,9-11,16-27,32H,1-2,5-8,12-15,28-31,33H2. The first-order valence-electron chi connectivity index (χ1n) is 19.1. The lowest BCUT2D eigenvalue weighted by atomic mass is 10.1. The fraction of sp³-hybridized carbons (Fsp3) is 0.283. The summed E-state index contributed by atoms with van der Waals surface area (Å²) >= 11 is 0. The maximum Gasteiger partial charge on any atom is 0.343 e. The van der Waals surface area contributed by atoms with E-state index in [1.54, 1.807) is 60.7 Å². The van der Waals surface area contributed by atoms with Gasteiger partial charge in [-0.05, 0) is 124 Å². The number of carbonyl (C=O) groups is 5. The summed E-state index contributed by atoms with van der Waals surface area (Å²) in [5.74, 6) is -1.93. The molecule has 0 heterocycles. The third-order valence-corrected chi connectivity index (χ3v) is 8.41. The molecule has 0 amide bonds. The van der Waals surface area contributed by atoms with Gasteiger partial charge in [-0.3, -0.25) is 0 Å². The highest BCUT2D eigenvalue weighted by Gasteiger charge is 2.21. The van der Waals surface area contributed by atoms with Gasteiger partial charge >= 0.3 is 29.8 Å². The molecule has 0 aliphatic rings. The third-order valence-electron chi connectivity index (χ3n) is 8.41. The second-order valence-corrected chi connectivity index (χ2v) is 12.8. The summed E-state index contributed by atoms with van der Waals surface area (Å²) in [4.78, 5) is 61.8. The monoisotopic (exact) mass is 792 g/mol. The Kier molecular flexibility index (Phi) is 18.8. The number of carbonyl (C=O) groups excluding carboxylic acids is 5. The van der Waals surface area contributed by atoms with Crippen molar-refractivity contribution in [1.82, 2.24) is 0 Å². The van der Waals surface area contributed by atoms with Gasteiger partial charge in [0.05, 0.1) is 37.6 Å². The second kappa shape index (κ2) is 24.7. The van der Waals surface area contributed by atoms with Crippen LogP contribution in [0.5, 0.6) is 23.0 Å². The molecule has 0 N–H and O–H groups in total. The van der Waals surface area contributed by atoms with E-state index in [1.165, 1.54) is 18.2 Å². The molecule has 4 aromatic rings. The molecule has 0 bridgehead atoms. The van der Waals surface area contributed by atoms with Gasteiger partial charge in [0.15, 0.2) is 0 Å². The highest BCUT2D eigenvalue weighted by atomic mass is 16.6. The quantitative estimate of drug-likeness (QED) is 0.0207. The molecule has 4 aromatic carbocycles. The minimum atomic E-state index is -0.788. The topological polar surface area (TPSA) is 150 Å². The molecule has 0 spiro atoms. The Bertz CT molecular complexity index is 1950. The Morgan fingerprint density at radius 1 is 0.466 bits per heavy atom. The molecule has 0 aliphatic heterocycles. The van der Waals surface area contributed by atoms with Crippen LogP contribution in [0.2, 0.25) is 0 Å². The van der Waals surface area contributed by atoms with Gasteiger partial charge in [-0.25, -0.2) is 24.0 Å². The lowest BCUT2D eigenvalue weighted by Gasteiger charge is -2.13. The SMILES string of the molecule is C=CC(=O)OCCCCCCOc1ccc(C(=O)Oc2ccc(OC(=O)c3ccc(OCCCCCCOC(=O)C=C)cc3)c(C(=O)OCc3ccccc3)c2)cc1. The zero-order valence-corrected chi connectivity index (χ0v) is 32.4. The molecule has 58 heavy (non-hydrogen) atoms. The summed E-state index contributed by atoms with van der Waals surface area (Å²) in [6, 6.07) is 26.0. The predicted octanol–water partition coefficient (Wildman–Crippen LogP) is 8.82. The van der Waals surface area contributed by atoms with Crippen LogP contribution in [0.3, 0.4) is 0 Å². The zero-order chi connectivity index (χ0) is 41.4. The Morgan fingerprint density at radius 2 is 0.931 bits per heavy atom. The normalized spacial score (nSPS) is 10.4. The molecule has 0 saturated heterocycles. The molecular weight excluding hydrogens is 744 g/mol. The van der Waals surface area contributed by atoms with Gasteiger partial charge in [0.25, 0.3) is 0 Å². The number of benzene rings is 4. The Labute approximate surface area is 338 Å². The van der Waals surface area contributed by atoms with E-state index < -0.39 is 29.8 Å². The van der Waals surface area contributed by atoms with Crippen molar-refractivity contribution < 1.29 is 57.1 Å². The molecule has 0 unspecified atom stereocenters. The van der Waals surface area contributed by atoms with E-state index in [9.17, 15) is 24.0 Å². The molecule has 0 aromatic heterocycles. The van der Waals surface area contributed by atoms with Crippen LogP contribution in [0.1, 0.15) is 88.0 Å². The number of unbranched alkanes of at least 4 members (excludes halogenated alkanes) is 6. The second-order valence-electron chi connectivity index (χ2n) is 12.8. The molecule has 0 atom stereocenters. The maximum atomic E-state index is 13.4. The molecule has 4 rings (SSSR count). The van der Waals surface area contributed by atoms with Crippen molar-refractivity contribution in [3.63, 3.8) is 0 Å². The Balaban J connectivity index is 1.31. The third kappa shape index (κ3) is 15.8. The van der Waals surface area contributed by atoms with Crippen molar-refractivity contribution in [2.24, 2.45) is 0 Å². The fourth-order valence-corrected chi connectivity index (χ4v) is 5.28. The summed E-state index contributed by atoms with van der Waals surface area (Å²) in [5, 5.41) is 0. The molecular formula is C46H48O12. The van der Waals surface area contributed by atoms with Gasteiger partial charge in [0, 0.05) is 12.2 Å². The van der Waals surface area contributed by atoms with Gasteiger partial charge in [0.2, 0.25) is 0 Å². The van der Waals surface area contributed by atoms with Crippen LogP contribution in [0.25, 0.3) is 0 Å². The van der Waals surface area contributed by atoms with Crippen molar-refractivity contribution in [3.8, 4) is 23.0 Å². The van der Waals surface area contributed by atoms with Gasteiger partial charge in [-0.15, -0.1) is 0 Å². The summed E-state index contributed by atoms with van der Waals surface area (Å²) in [6.07, 6.45) is 8.99. The highest BCUT2D eigenvalue weighted by molar-refractivity contribution is 5.97. The van der Waals surface area contributed by atoms with Crippen LogP contribution in [0.15, 0.2) is 122 Å². The van der Waals surface area contributed by atoms with Crippen LogP contribution in [-0.4, -0.2) is 56.3 Å². The van der Waals surface area contributed by atoms with Gasteiger partial charge < -0.3 is 33.2 Å². The highest BCUT2D eigenvalue weighted by Crippen LogP contribution is 2.28. The van der Waals surface area contributed by atoms with E-state index >= 15 is 0 Å². The van der Waals surface area contributed by atoms with Crippen molar-refractivity contribution in [3.05, 3.63) is 145 Å². The smallest absolute Gasteiger partial charge is 0.343 e. The summed E-state index contributed by atoms with van der Waals surface area (Å²) in [6.45, 7) is 8.37. The molecule has 0 radical (unpaired) electrons. The van der Waals surface area contributed by atoms with Crippen molar-refractivity contribution in [1.29, 1.82) is 0 Å². The Morgan fingerprint density at radius 3 is 1.43 bits per heavy atom. The van der Waals surface area contributed by atoms with E-state index in [2.05, 4.69) is 13.2 Å². The minimum absolute atomic E-state index is 0.0358. The van der Waals surface area contributed by atoms with Crippen molar-refractivity contribution in [2.75, 3.05) is 26.4 Å². The van der Waals surface area contributed by atoms with Crippen LogP contribution in [-0.2, 0) is 30.4 Å².